The van der Waals surface area contributed by atoms with Gasteiger partial charge in [-0.1, -0.05) is 0 Å². The van der Waals surface area contributed by atoms with Gasteiger partial charge in [-0.15, -0.1) is 0 Å². The molecule has 17 heteroatoms. The Morgan fingerprint density at radius 3 is 1.95 bits per heavy atom. The van der Waals surface area contributed by atoms with Crippen LogP contribution in [0, 0.1) is 0 Å². The molecule has 0 aliphatic heterocycles. The van der Waals surface area contributed by atoms with Crippen molar-refractivity contribution in [1.29, 1.82) is 0 Å². The molecule has 0 aliphatic carbocycles. The van der Waals surface area contributed by atoms with Gasteiger partial charge in [-0.3, -0.25) is 4.52 Å². The summed E-state index contributed by atoms with van der Waals surface area (Å²) in [5.74, 6) is -3.31. The highest BCUT2D eigenvalue weighted by Gasteiger charge is 2.45. The smallest absolute Gasteiger partial charge is 0.384 e. The van der Waals surface area contributed by atoms with E-state index in [0.717, 1.165) is 0 Å². The normalized spacial score (nSPS) is 22.4. The van der Waals surface area contributed by atoms with E-state index in [1.807, 2.05) is 0 Å². The summed E-state index contributed by atoms with van der Waals surface area (Å²) >= 11 is 0. The van der Waals surface area contributed by atoms with Crippen LogP contribution in [0.5, 0.6) is 0 Å². The molecule has 0 saturated carbocycles. The fourth-order valence-electron chi connectivity index (χ4n) is 0.879. The minimum atomic E-state index is -5.76. The fraction of sp³-hybridized carbons (Fsp3) is 1.00. The highest BCUT2D eigenvalue weighted by Crippen LogP contribution is 2.66. The zero-order valence-corrected chi connectivity index (χ0v) is 13.4. The first-order valence-corrected chi connectivity index (χ1v) is 9.45. The average molecular weight is 396 g/mol. The molecular weight excluding hydrogens is 383 g/mol. The monoisotopic (exact) mass is 396 g/mol. The van der Waals surface area contributed by atoms with Gasteiger partial charge < -0.3 is 29.4 Å². The molecule has 5 N–H and O–H groups in total. The molecule has 0 heterocycles. The quantitative estimate of drug-likeness (QED) is 0.311. The van der Waals surface area contributed by atoms with E-state index >= 15 is 0 Å². The summed E-state index contributed by atoms with van der Waals surface area (Å²) < 4.78 is 73.0. The number of rotatable bonds is 10. The second kappa shape index (κ2) is 7.84. The second-order valence-electron chi connectivity index (χ2n) is 3.52. The van der Waals surface area contributed by atoms with Crippen molar-refractivity contribution in [2.45, 2.75) is 12.0 Å². The molecule has 134 valence electrons. The maximum Gasteiger partial charge on any atom is 0.490 e. The number of phosphoric acid groups is 3. The van der Waals surface area contributed by atoms with E-state index in [2.05, 4.69) is 17.9 Å². The first kappa shape index (κ1) is 22.2. The van der Waals surface area contributed by atoms with E-state index in [0.29, 0.717) is 7.11 Å². The summed E-state index contributed by atoms with van der Waals surface area (Å²) in [6, 6.07) is 0. The fourth-order valence-corrected chi connectivity index (χ4v) is 3.91. The molecule has 0 aliphatic rings. The Hall–Kier alpha value is 0.190. The Labute approximate surface area is 122 Å². The molecule has 12 nitrogen and oxygen atoms in total. The van der Waals surface area contributed by atoms with Crippen LogP contribution < -0.4 is 0 Å². The van der Waals surface area contributed by atoms with E-state index in [4.69, 9.17) is 24.7 Å². The number of hydrogen-bond acceptors (Lipinski definition) is 8. The van der Waals surface area contributed by atoms with Gasteiger partial charge in [-0.05, 0) is 0 Å². The van der Waals surface area contributed by atoms with Crippen LogP contribution in [0.4, 0.5) is 8.78 Å². The van der Waals surface area contributed by atoms with Crippen LogP contribution in [0.15, 0.2) is 0 Å². The molecule has 0 aromatic carbocycles. The maximum absolute atomic E-state index is 13.7. The lowest BCUT2D eigenvalue weighted by Gasteiger charge is -2.27. The van der Waals surface area contributed by atoms with Crippen molar-refractivity contribution >= 4 is 23.5 Å². The van der Waals surface area contributed by atoms with Gasteiger partial charge in [0.05, 0.1) is 0 Å². The van der Waals surface area contributed by atoms with Gasteiger partial charge in [0.25, 0.3) is 5.85 Å². The van der Waals surface area contributed by atoms with Crippen molar-refractivity contribution in [2.24, 2.45) is 0 Å². The van der Waals surface area contributed by atoms with Gasteiger partial charge in [0.1, 0.15) is 19.4 Å². The molecule has 0 aromatic rings. The molecule has 0 spiro atoms. The van der Waals surface area contributed by atoms with Gasteiger partial charge >= 0.3 is 23.5 Å². The minimum absolute atomic E-state index is 0.652. The van der Waals surface area contributed by atoms with Crippen LogP contribution in [0.25, 0.3) is 0 Å². The van der Waals surface area contributed by atoms with Crippen molar-refractivity contribution in [3.8, 4) is 0 Å². The number of hydrogen-bond donors (Lipinski definition) is 5. The van der Waals surface area contributed by atoms with Gasteiger partial charge in [-0.2, -0.15) is 8.62 Å². The third-order valence-electron chi connectivity index (χ3n) is 1.82. The number of phosphoric ester groups is 1. The molecule has 0 radical (unpaired) electrons. The molecule has 0 saturated heterocycles. The first-order valence-electron chi connectivity index (χ1n) is 4.93. The van der Waals surface area contributed by atoms with Crippen LogP contribution in [0.2, 0.25) is 0 Å². The summed E-state index contributed by atoms with van der Waals surface area (Å²) in [5.41, 5.74) is 0. The number of ether oxygens (including phenoxy) is 1. The molecular formula is C5H13F2O12P3. The van der Waals surface area contributed by atoms with Crippen molar-refractivity contribution < 1.29 is 65.0 Å². The van der Waals surface area contributed by atoms with Crippen LogP contribution in [-0.2, 0) is 31.6 Å². The Morgan fingerprint density at radius 2 is 1.59 bits per heavy atom. The van der Waals surface area contributed by atoms with Crippen molar-refractivity contribution in [2.75, 3.05) is 20.4 Å². The topological polar surface area (TPSA) is 189 Å². The Morgan fingerprint density at radius 1 is 1.09 bits per heavy atom. The number of halogens is 2. The Kier molecular flexibility index (Phi) is 7.91. The summed E-state index contributed by atoms with van der Waals surface area (Å²) in [5, 5.41) is 8.96. The molecule has 4 atom stereocenters. The van der Waals surface area contributed by atoms with E-state index in [-0.39, 0.29) is 0 Å². The highest BCUT2D eigenvalue weighted by atomic mass is 31.3. The molecule has 0 amide bonds. The van der Waals surface area contributed by atoms with Crippen LogP contribution in [0.3, 0.4) is 0 Å². The Bertz CT molecular complexity index is 507. The van der Waals surface area contributed by atoms with E-state index < -0.39 is 48.7 Å². The Balaban J connectivity index is 4.88. The largest absolute Gasteiger partial charge is 0.490 e. The second-order valence-corrected chi connectivity index (χ2v) is 7.94. The highest BCUT2D eigenvalue weighted by molar-refractivity contribution is 7.66. The standard InChI is InChI=1S/C5H13F2O12P3/c1-16-5(7,4(8)2-6)3-17-21(12,13)19-22(14,15)18-20(9,10)11/h4,8H,2-3H2,1H3,(H,12,13)(H,14,15)(H2,9,10,11)/t4-,5+/m0/s1. The van der Waals surface area contributed by atoms with E-state index in [9.17, 15) is 22.5 Å². The van der Waals surface area contributed by atoms with E-state index in [1.54, 1.807) is 0 Å². The number of alkyl halides is 2. The zero-order chi connectivity index (χ0) is 17.8. The predicted octanol–water partition coefficient (Wildman–Crippen LogP) is -0.0277. The molecule has 0 aromatic heterocycles. The average Bonchev–Trinajstić information content (AvgIpc) is 2.30. The number of methoxy groups -OCH3 is 1. The van der Waals surface area contributed by atoms with Crippen LogP contribution in [0.1, 0.15) is 0 Å². The molecule has 22 heavy (non-hydrogen) atoms. The summed E-state index contributed by atoms with van der Waals surface area (Å²) in [7, 11) is -16.3. The summed E-state index contributed by atoms with van der Waals surface area (Å²) in [4.78, 5) is 34.3. The van der Waals surface area contributed by atoms with Gasteiger partial charge in [-0.25, -0.2) is 22.5 Å². The van der Waals surface area contributed by atoms with Gasteiger partial charge in [0.15, 0.2) is 0 Å². The van der Waals surface area contributed by atoms with Gasteiger partial charge in [0.2, 0.25) is 0 Å². The SMILES string of the molecule is CO[C@](F)(COP(=O)(O)OP(=O)(O)OP(=O)(O)O)[C@@H](O)CF. The number of aliphatic hydroxyl groups is 1. The number of aliphatic hydroxyl groups excluding tert-OH is 1. The predicted molar refractivity (Wildman–Crippen MR) is 62.6 cm³/mol. The van der Waals surface area contributed by atoms with Crippen molar-refractivity contribution in [1.82, 2.24) is 0 Å². The minimum Gasteiger partial charge on any atom is -0.384 e. The first-order chi connectivity index (χ1) is 9.66. The third kappa shape index (κ3) is 8.16. The molecule has 0 bridgehead atoms. The van der Waals surface area contributed by atoms with Crippen molar-refractivity contribution in [3.05, 3.63) is 0 Å². The maximum atomic E-state index is 13.7. The van der Waals surface area contributed by atoms with Crippen molar-refractivity contribution in [3.63, 3.8) is 0 Å². The van der Waals surface area contributed by atoms with E-state index in [1.165, 1.54) is 0 Å². The van der Waals surface area contributed by atoms with Crippen LogP contribution >= 0.6 is 23.5 Å². The lowest BCUT2D eigenvalue weighted by atomic mass is 10.2. The zero-order valence-electron chi connectivity index (χ0n) is 10.7. The summed E-state index contributed by atoms with van der Waals surface area (Å²) in [6.45, 7) is -3.29. The molecule has 0 rings (SSSR count). The lowest BCUT2D eigenvalue weighted by Crippen LogP contribution is -2.45. The molecule has 2 unspecified atom stereocenters. The van der Waals surface area contributed by atoms with Gasteiger partial charge in [0, 0.05) is 7.11 Å². The molecule has 0 fully saturated rings. The summed E-state index contributed by atoms with van der Waals surface area (Å²) in [6.07, 6.45) is -2.43. The lowest BCUT2D eigenvalue weighted by molar-refractivity contribution is -0.211. The third-order valence-corrected chi connectivity index (χ3v) is 5.61. The van der Waals surface area contributed by atoms with Crippen LogP contribution in [-0.4, -0.2) is 57.0 Å².